The maximum Gasteiger partial charge on any atom is 0.236 e. The molecule has 21 heavy (non-hydrogen) atoms. The van der Waals surface area contributed by atoms with Crippen LogP contribution in [0.15, 0.2) is 0 Å². The molecule has 0 aromatic carbocycles. The lowest BCUT2D eigenvalue weighted by Gasteiger charge is -2.36. The van der Waals surface area contributed by atoms with Crippen molar-refractivity contribution in [2.75, 3.05) is 19.6 Å². The zero-order valence-electron chi connectivity index (χ0n) is 12.5. The number of nitrogens with zero attached hydrogens (tertiary/aromatic N) is 3. The minimum absolute atomic E-state index is 0.0423. The molecule has 114 valence electrons. The summed E-state index contributed by atoms with van der Waals surface area (Å²) in [6.07, 6.45) is 7.19. The van der Waals surface area contributed by atoms with Gasteiger partial charge in [0.1, 0.15) is 0 Å². The Morgan fingerprint density at radius 2 is 1.81 bits per heavy atom. The van der Waals surface area contributed by atoms with Gasteiger partial charge in [-0.15, -0.1) is 0 Å². The zero-order valence-corrected chi connectivity index (χ0v) is 12.5. The van der Waals surface area contributed by atoms with E-state index < -0.39 is 0 Å². The van der Waals surface area contributed by atoms with Gasteiger partial charge in [-0.1, -0.05) is 19.3 Å². The van der Waals surface area contributed by atoms with E-state index in [0.717, 1.165) is 51.6 Å². The Bertz CT molecular complexity index is 468. The molecule has 2 aliphatic heterocycles. The number of hydrogen-bond acceptors (Lipinski definition) is 4. The molecular formula is C16H23N3O2. The van der Waals surface area contributed by atoms with E-state index in [2.05, 4.69) is 11.0 Å². The van der Waals surface area contributed by atoms with Gasteiger partial charge in [-0.05, 0) is 25.7 Å². The minimum atomic E-state index is -0.362. The molecule has 2 saturated heterocycles. The molecule has 0 radical (unpaired) electrons. The zero-order chi connectivity index (χ0) is 14.9. The van der Waals surface area contributed by atoms with Crippen LogP contribution >= 0.6 is 0 Å². The first-order chi connectivity index (χ1) is 10.2. The average Bonchev–Trinajstić information content (AvgIpc) is 2.72. The van der Waals surface area contributed by atoms with Gasteiger partial charge >= 0.3 is 0 Å². The second kappa shape index (κ2) is 5.76. The van der Waals surface area contributed by atoms with Crippen LogP contribution in [-0.4, -0.2) is 47.3 Å². The highest BCUT2D eigenvalue weighted by atomic mass is 16.2. The lowest BCUT2D eigenvalue weighted by molar-refractivity contribution is -0.145. The predicted octanol–water partition coefficient (Wildman–Crippen LogP) is 1.68. The Morgan fingerprint density at radius 1 is 1.14 bits per heavy atom. The fourth-order valence-electron chi connectivity index (χ4n) is 4.24. The van der Waals surface area contributed by atoms with Gasteiger partial charge in [-0.3, -0.25) is 19.4 Å². The molecule has 3 rings (SSSR count). The van der Waals surface area contributed by atoms with Crippen LogP contribution in [0.5, 0.6) is 0 Å². The van der Waals surface area contributed by atoms with E-state index in [9.17, 15) is 9.59 Å². The van der Waals surface area contributed by atoms with E-state index in [-0.39, 0.29) is 23.3 Å². The summed E-state index contributed by atoms with van der Waals surface area (Å²) in [5.41, 5.74) is -0.362. The Kier molecular flexibility index (Phi) is 3.99. The first-order valence-corrected chi connectivity index (χ1v) is 8.12. The number of nitriles is 1. The van der Waals surface area contributed by atoms with Crippen LogP contribution < -0.4 is 0 Å². The number of amides is 2. The molecule has 3 fully saturated rings. The van der Waals surface area contributed by atoms with Gasteiger partial charge < -0.3 is 0 Å². The molecule has 1 saturated carbocycles. The highest BCUT2D eigenvalue weighted by molar-refractivity contribution is 6.06. The van der Waals surface area contributed by atoms with E-state index in [1.54, 1.807) is 4.90 Å². The maximum atomic E-state index is 12.8. The summed E-state index contributed by atoms with van der Waals surface area (Å²) in [6.45, 7) is 2.06. The van der Waals surface area contributed by atoms with E-state index in [0.29, 0.717) is 13.0 Å². The monoisotopic (exact) mass is 289 g/mol. The van der Waals surface area contributed by atoms with Crippen LogP contribution in [0.2, 0.25) is 0 Å². The van der Waals surface area contributed by atoms with Crippen molar-refractivity contribution >= 4 is 11.8 Å². The fraction of sp³-hybridized carbons (Fsp3) is 0.812. The smallest absolute Gasteiger partial charge is 0.236 e. The van der Waals surface area contributed by atoms with Gasteiger partial charge in [-0.25, -0.2) is 0 Å². The highest BCUT2D eigenvalue weighted by Crippen LogP contribution is 2.46. The second-order valence-electron chi connectivity index (χ2n) is 6.75. The van der Waals surface area contributed by atoms with Crippen molar-refractivity contribution < 1.29 is 9.59 Å². The Morgan fingerprint density at radius 3 is 2.43 bits per heavy atom. The minimum Gasteiger partial charge on any atom is -0.290 e. The number of likely N-dealkylation sites (tertiary alicyclic amines) is 2. The number of carbonyl (C=O) groups excluding carboxylic acids is 2. The van der Waals surface area contributed by atoms with Crippen molar-refractivity contribution in [2.45, 2.75) is 57.4 Å². The molecule has 2 amide bonds. The molecule has 5 nitrogen and oxygen atoms in total. The van der Waals surface area contributed by atoms with Gasteiger partial charge in [-0.2, -0.15) is 5.26 Å². The van der Waals surface area contributed by atoms with Crippen LogP contribution in [0.3, 0.4) is 0 Å². The third-order valence-electron chi connectivity index (χ3n) is 5.46. The van der Waals surface area contributed by atoms with E-state index in [1.165, 1.54) is 6.42 Å². The quantitative estimate of drug-likeness (QED) is 0.573. The largest absolute Gasteiger partial charge is 0.290 e. The van der Waals surface area contributed by atoms with Gasteiger partial charge in [0, 0.05) is 25.6 Å². The summed E-state index contributed by atoms with van der Waals surface area (Å²) in [7, 11) is 0. The number of carbonyl (C=O) groups is 2. The molecule has 3 aliphatic rings. The summed E-state index contributed by atoms with van der Waals surface area (Å²) >= 11 is 0. The first kappa shape index (κ1) is 14.5. The summed E-state index contributed by atoms with van der Waals surface area (Å²) in [5, 5.41) is 8.74. The van der Waals surface area contributed by atoms with Crippen molar-refractivity contribution in [3.05, 3.63) is 0 Å². The van der Waals surface area contributed by atoms with Gasteiger partial charge in [0.25, 0.3) is 0 Å². The van der Waals surface area contributed by atoms with Crippen LogP contribution in [-0.2, 0) is 9.59 Å². The normalized spacial score (nSPS) is 27.3. The highest BCUT2D eigenvalue weighted by Gasteiger charge is 2.53. The topological polar surface area (TPSA) is 64.4 Å². The Hall–Kier alpha value is -1.41. The standard InChI is InChI=1S/C16H23N3O2/c17-8-11-18-9-4-13(5-10-18)19-14(20)12-16(15(19)21)6-2-1-3-7-16/h13H,1-7,9-12H2. The molecule has 0 unspecified atom stereocenters. The molecule has 2 heterocycles. The molecule has 0 atom stereocenters. The average molecular weight is 289 g/mol. The molecule has 5 heteroatoms. The molecular weight excluding hydrogens is 266 g/mol. The van der Waals surface area contributed by atoms with Crippen molar-refractivity contribution in [1.29, 1.82) is 5.26 Å². The van der Waals surface area contributed by atoms with Crippen LogP contribution in [0.1, 0.15) is 51.4 Å². The second-order valence-corrected chi connectivity index (χ2v) is 6.75. The molecule has 0 N–H and O–H groups in total. The maximum absolute atomic E-state index is 12.8. The number of piperidine rings is 1. The Balaban J connectivity index is 1.68. The summed E-state index contributed by atoms with van der Waals surface area (Å²) in [4.78, 5) is 28.9. The summed E-state index contributed by atoms with van der Waals surface area (Å²) in [5.74, 6) is 0.145. The molecule has 1 spiro atoms. The number of imide groups is 1. The van der Waals surface area contributed by atoms with Crippen LogP contribution in [0.4, 0.5) is 0 Å². The molecule has 0 bridgehead atoms. The first-order valence-electron chi connectivity index (χ1n) is 8.12. The molecule has 0 aromatic rings. The fourth-order valence-corrected chi connectivity index (χ4v) is 4.24. The third kappa shape index (κ3) is 2.57. The van der Waals surface area contributed by atoms with E-state index in [1.807, 2.05) is 0 Å². The Labute approximate surface area is 125 Å². The van der Waals surface area contributed by atoms with E-state index in [4.69, 9.17) is 5.26 Å². The summed E-state index contributed by atoms with van der Waals surface area (Å²) < 4.78 is 0. The number of hydrogen-bond donors (Lipinski definition) is 0. The van der Waals surface area contributed by atoms with Gasteiger partial charge in [0.2, 0.25) is 11.8 Å². The lowest BCUT2D eigenvalue weighted by atomic mass is 9.73. The van der Waals surface area contributed by atoms with Gasteiger partial charge in [0.15, 0.2) is 0 Å². The van der Waals surface area contributed by atoms with Crippen LogP contribution in [0.25, 0.3) is 0 Å². The SMILES string of the molecule is N#CCN1CCC(N2C(=O)CC3(CCCCC3)C2=O)CC1. The van der Waals surface area contributed by atoms with Crippen molar-refractivity contribution in [2.24, 2.45) is 5.41 Å². The van der Waals surface area contributed by atoms with Gasteiger partial charge in [0.05, 0.1) is 18.0 Å². The lowest BCUT2D eigenvalue weighted by Crippen LogP contribution is -2.48. The molecule has 0 aromatic heterocycles. The van der Waals surface area contributed by atoms with Crippen LogP contribution in [0, 0.1) is 16.7 Å². The predicted molar refractivity (Wildman–Crippen MR) is 77.1 cm³/mol. The third-order valence-corrected chi connectivity index (χ3v) is 5.46. The summed E-state index contributed by atoms with van der Waals surface area (Å²) in [6, 6.07) is 2.22. The van der Waals surface area contributed by atoms with Crippen molar-refractivity contribution in [1.82, 2.24) is 9.80 Å². The van der Waals surface area contributed by atoms with E-state index >= 15 is 0 Å². The molecule has 1 aliphatic carbocycles. The van der Waals surface area contributed by atoms with Crippen molar-refractivity contribution in [3.63, 3.8) is 0 Å². The van der Waals surface area contributed by atoms with Crippen molar-refractivity contribution in [3.8, 4) is 6.07 Å². The number of rotatable bonds is 2.